The van der Waals surface area contributed by atoms with E-state index < -0.39 is 18.2 Å². The van der Waals surface area contributed by atoms with E-state index in [1.54, 1.807) is 0 Å². The normalized spacial score (nSPS) is 28.5. The average Bonchev–Trinajstić information content (AvgIpc) is 3.11. The Morgan fingerprint density at radius 1 is 1.15 bits per heavy atom. The highest BCUT2D eigenvalue weighted by Crippen LogP contribution is 2.36. The molecule has 2 aliphatic rings. The fourth-order valence-electron chi connectivity index (χ4n) is 4.55. The molecule has 1 aliphatic carbocycles. The van der Waals surface area contributed by atoms with Gasteiger partial charge in [0.15, 0.2) is 6.29 Å². The van der Waals surface area contributed by atoms with Gasteiger partial charge >= 0.3 is 5.97 Å². The zero-order valence-electron chi connectivity index (χ0n) is 19.7. The van der Waals surface area contributed by atoms with E-state index in [0.717, 1.165) is 25.0 Å². The molecule has 2 fully saturated rings. The summed E-state index contributed by atoms with van der Waals surface area (Å²) in [6, 6.07) is 9.56. The van der Waals surface area contributed by atoms with Crippen molar-refractivity contribution in [1.82, 2.24) is 0 Å². The number of aliphatic carboxylic acids is 1. The molecule has 0 spiro atoms. The lowest BCUT2D eigenvalue weighted by molar-refractivity contribution is -0.182. The topological polar surface area (TPSA) is 105 Å². The number of carboxylic acids is 1. The Hall–Kier alpha value is -2.19. The molecule has 188 valence electrons. The SMILES string of the molecule is O=C(O)CCC/C=C\C[C@@H]1[C@@H](/C=C/[C@@H](COc2ccccc2)OC2CCCCO2)[C@H](O)C[C@@H]1O. The summed E-state index contributed by atoms with van der Waals surface area (Å²) in [6.45, 7) is 1.01. The van der Waals surface area contributed by atoms with Crippen LogP contribution < -0.4 is 4.74 Å². The van der Waals surface area contributed by atoms with Gasteiger partial charge in [0.1, 0.15) is 18.5 Å². The van der Waals surface area contributed by atoms with Gasteiger partial charge in [-0.2, -0.15) is 0 Å². The highest BCUT2D eigenvalue weighted by atomic mass is 16.7. The summed E-state index contributed by atoms with van der Waals surface area (Å²) >= 11 is 0. The number of rotatable bonds is 13. The average molecular weight is 475 g/mol. The van der Waals surface area contributed by atoms with Crippen molar-refractivity contribution in [1.29, 1.82) is 0 Å². The second-order valence-corrected chi connectivity index (χ2v) is 9.08. The predicted octanol–water partition coefficient (Wildman–Crippen LogP) is 4.09. The summed E-state index contributed by atoms with van der Waals surface area (Å²) < 4.78 is 17.8. The summed E-state index contributed by atoms with van der Waals surface area (Å²) in [5.41, 5.74) is 0. The van der Waals surface area contributed by atoms with Gasteiger partial charge in [0.05, 0.1) is 12.2 Å². The molecule has 6 atom stereocenters. The molecule has 1 saturated heterocycles. The standard InChI is InChI=1S/C27H38O7/c28-24-18-25(29)23(22(24)12-6-1-2-7-13-26(30)31)16-15-21(34-27-14-8-9-17-32-27)19-33-20-10-4-3-5-11-20/h1,3-6,10-11,15-16,21-25,27-29H,2,7-9,12-14,17-19H2,(H,30,31)/b6-1-,16-15+/t21-,22+,23+,24-,25+,27?/m0/s1. The lowest BCUT2D eigenvalue weighted by Gasteiger charge is -2.27. The summed E-state index contributed by atoms with van der Waals surface area (Å²) in [7, 11) is 0. The maximum atomic E-state index is 10.6. The summed E-state index contributed by atoms with van der Waals surface area (Å²) in [4.78, 5) is 10.6. The van der Waals surface area contributed by atoms with Crippen LogP contribution in [0.15, 0.2) is 54.6 Å². The van der Waals surface area contributed by atoms with Crippen molar-refractivity contribution in [3.8, 4) is 5.75 Å². The van der Waals surface area contributed by atoms with Crippen molar-refractivity contribution >= 4 is 5.97 Å². The Bertz CT molecular complexity index is 772. The largest absolute Gasteiger partial charge is 0.491 e. The minimum atomic E-state index is -0.792. The van der Waals surface area contributed by atoms with Gasteiger partial charge in [-0.15, -0.1) is 0 Å². The number of aliphatic hydroxyl groups is 2. The summed E-state index contributed by atoms with van der Waals surface area (Å²) in [5.74, 6) is -0.340. The number of aliphatic hydroxyl groups excluding tert-OH is 2. The second-order valence-electron chi connectivity index (χ2n) is 9.08. The predicted molar refractivity (Wildman–Crippen MR) is 128 cm³/mol. The van der Waals surface area contributed by atoms with Crippen molar-refractivity contribution < 1.29 is 34.3 Å². The molecule has 3 N–H and O–H groups in total. The third-order valence-corrected chi connectivity index (χ3v) is 6.42. The van der Waals surface area contributed by atoms with Crippen molar-refractivity contribution in [3.63, 3.8) is 0 Å². The van der Waals surface area contributed by atoms with Crippen LogP contribution in [0.1, 0.15) is 51.4 Å². The third kappa shape index (κ3) is 8.87. The highest BCUT2D eigenvalue weighted by Gasteiger charge is 2.39. The van der Waals surface area contributed by atoms with Crippen molar-refractivity contribution in [3.05, 3.63) is 54.6 Å². The smallest absolute Gasteiger partial charge is 0.303 e. The molecule has 1 saturated carbocycles. The van der Waals surface area contributed by atoms with Gasteiger partial charge in [-0.25, -0.2) is 0 Å². The van der Waals surface area contributed by atoms with Crippen LogP contribution in [0.4, 0.5) is 0 Å². The van der Waals surface area contributed by atoms with E-state index in [2.05, 4.69) is 0 Å². The lowest BCUT2D eigenvalue weighted by Crippen LogP contribution is -2.31. The molecule has 1 unspecified atom stereocenters. The number of ether oxygens (including phenoxy) is 3. The van der Waals surface area contributed by atoms with Crippen LogP contribution in [-0.4, -0.2) is 59.1 Å². The lowest BCUT2D eigenvalue weighted by atomic mass is 9.89. The van der Waals surface area contributed by atoms with Gasteiger partial charge in [0.25, 0.3) is 0 Å². The zero-order chi connectivity index (χ0) is 24.2. The monoisotopic (exact) mass is 474 g/mol. The van der Waals surface area contributed by atoms with Crippen LogP contribution >= 0.6 is 0 Å². The van der Waals surface area contributed by atoms with E-state index in [0.29, 0.717) is 38.9 Å². The van der Waals surface area contributed by atoms with Crippen LogP contribution in [0.3, 0.4) is 0 Å². The Morgan fingerprint density at radius 2 is 1.97 bits per heavy atom. The van der Waals surface area contributed by atoms with Gasteiger partial charge in [-0.3, -0.25) is 4.79 Å². The van der Waals surface area contributed by atoms with Gasteiger partial charge in [-0.05, 0) is 56.6 Å². The van der Waals surface area contributed by atoms with Crippen LogP contribution in [-0.2, 0) is 14.3 Å². The first-order valence-electron chi connectivity index (χ1n) is 12.4. The number of para-hydroxylation sites is 1. The van der Waals surface area contributed by atoms with Gasteiger partial charge in [-0.1, -0.05) is 42.5 Å². The molecule has 7 heteroatoms. The molecule has 1 heterocycles. The van der Waals surface area contributed by atoms with E-state index in [-0.39, 0.29) is 30.7 Å². The number of allylic oxidation sites excluding steroid dienone is 2. The van der Waals surface area contributed by atoms with Crippen molar-refractivity contribution in [2.75, 3.05) is 13.2 Å². The molecule has 1 aromatic carbocycles. The first-order valence-corrected chi connectivity index (χ1v) is 12.4. The van der Waals surface area contributed by atoms with Crippen molar-refractivity contribution in [2.24, 2.45) is 11.8 Å². The number of hydrogen-bond donors (Lipinski definition) is 3. The number of benzene rings is 1. The van der Waals surface area contributed by atoms with E-state index in [1.165, 1.54) is 0 Å². The first-order chi connectivity index (χ1) is 16.5. The molecule has 1 aliphatic heterocycles. The molecular formula is C27H38O7. The minimum Gasteiger partial charge on any atom is -0.491 e. The number of unbranched alkanes of at least 4 members (excludes halogenated alkanes) is 1. The third-order valence-electron chi connectivity index (χ3n) is 6.42. The number of carboxylic acid groups (broad SMARTS) is 1. The fraction of sp³-hybridized carbons (Fsp3) is 0.593. The van der Waals surface area contributed by atoms with Crippen LogP contribution in [0, 0.1) is 11.8 Å². The quantitative estimate of drug-likeness (QED) is 0.292. The number of carbonyl (C=O) groups is 1. The fourth-order valence-corrected chi connectivity index (χ4v) is 4.55. The summed E-state index contributed by atoms with van der Waals surface area (Å²) in [5, 5.41) is 29.8. The Balaban J connectivity index is 1.60. The molecule has 0 aromatic heterocycles. The number of hydrogen-bond acceptors (Lipinski definition) is 6. The van der Waals surface area contributed by atoms with E-state index in [4.69, 9.17) is 19.3 Å². The van der Waals surface area contributed by atoms with Gasteiger partial charge in [0, 0.05) is 25.4 Å². The van der Waals surface area contributed by atoms with Gasteiger partial charge < -0.3 is 29.5 Å². The van der Waals surface area contributed by atoms with Crippen LogP contribution in [0.5, 0.6) is 5.75 Å². The zero-order valence-corrected chi connectivity index (χ0v) is 19.7. The van der Waals surface area contributed by atoms with Crippen LogP contribution in [0.25, 0.3) is 0 Å². The molecule has 1 aromatic rings. The minimum absolute atomic E-state index is 0.108. The Labute approximate surface area is 202 Å². The summed E-state index contributed by atoms with van der Waals surface area (Å²) in [6.07, 6.45) is 11.3. The van der Waals surface area contributed by atoms with Gasteiger partial charge in [0.2, 0.25) is 0 Å². The highest BCUT2D eigenvalue weighted by molar-refractivity contribution is 5.66. The first kappa shape index (κ1) is 26.4. The van der Waals surface area contributed by atoms with E-state index >= 15 is 0 Å². The Morgan fingerprint density at radius 3 is 2.71 bits per heavy atom. The van der Waals surface area contributed by atoms with E-state index in [1.807, 2.05) is 54.6 Å². The molecule has 34 heavy (non-hydrogen) atoms. The Kier molecular flexibility index (Phi) is 11.1. The maximum Gasteiger partial charge on any atom is 0.303 e. The molecule has 3 rings (SSSR count). The van der Waals surface area contributed by atoms with E-state index in [9.17, 15) is 15.0 Å². The second kappa shape index (κ2) is 14.3. The van der Waals surface area contributed by atoms with Crippen LogP contribution in [0.2, 0.25) is 0 Å². The maximum absolute atomic E-state index is 10.6. The molecule has 0 amide bonds. The van der Waals surface area contributed by atoms with Crippen molar-refractivity contribution in [2.45, 2.75) is 76.0 Å². The molecule has 7 nitrogen and oxygen atoms in total. The molecule has 0 radical (unpaired) electrons. The molecular weight excluding hydrogens is 436 g/mol. The molecule has 0 bridgehead atoms.